The number of fused-ring (bicyclic) bond motifs is 6. The van der Waals surface area contributed by atoms with E-state index in [2.05, 4.69) is 154 Å². The highest BCUT2D eigenvalue weighted by atomic mass is 15.2. The molecule has 3 aliphatic heterocycles. The van der Waals surface area contributed by atoms with Crippen LogP contribution in [0, 0.1) is 0 Å². The molecule has 0 saturated carbocycles. The van der Waals surface area contributed by atoms with Gasteiger partial charge in [-0.05, 0) is 98.7 Å². The second-order valence-electron chi connectivity index (χ2n) is 14.6. The number of para-hydroxylation sites is 2. The first-order valence-corrected chi connectivity index (χ1v) is 15.8. The van der Waals surface area contributed by atoms with Gasteiger partial charge in [-0.25, -0.2) is 0 Å². The van der Waals surface area contributed by atoms with Crippen molar-refractivity contribution in [1.82, 2.24) is 0 Å². The number of rotatable bonds is 1. The van der Waals surface area contributed by atoms with Crippen molar-refractivity contribution < 1.29 is 0 Å². The van der Waals surface area contributed by atoms with Crippen LogP contribution in [0.2, 0.25) is 0 Å². The summed E-state index contributed by atoms with van der Waals surface area (Å²) in [5.74, 6) is 0. The summed E-state index contributed by atoms with van der Waals surface area (Å²) in [4.78, 5) is 5.10. The zero-order valence-corrected chi connectivity index (χ0v) is 26.2. The Morgan fingerprint density at radius 1 is 0.512 bits per heavy atom. The van der Waals surface area contributed by atoms with Gasteiger partial charge in [-0.15, -0.1) is 0 Å². The van der Waals surface area contributed by atoms with Gasteiger partial charge < -0.3 is 9.80 Å². The Kier molecular flexibility index (Phi) is 5.61. The van der Waals surface area contributed by atoms with E-state index < -0.39 is 0 Å². The SMILES string of the molecule is CC(C)(C)c1ccc(N2c3ccc(C(C)(C)C)cc3B3c4cccc5c4N(c4ccccc4CC5)c4cccc2c43)cc1. The summed E-state index contributed by atoms with van der Waals surface area (Å²) in [6, 6.07) is 39.5. The fraction of sp³-hybridized carbons (Fsp3) is 0.250. The average molecular weight is 559 g/mol. The van der Waals surface area contributed by atoms with Crippen LogP contribution >= 0.6 is 0 Å². The second kappa shape index (κ2) is 9.13. The number of aryl methyl sites for hydroxylation is 2. The molecule has 3 heteroatoms. The monoisotopic (exact) mass is 558 g/mol. The van der Waals surface area contributed by atoms with E-state index in [4.69, 9.17) is 0 Å². The molecule has 0 aliphatic carbocycles. The first kappa shape index (κ1) is 26.4. The highest BCUT2D eigenvalue weighted by Crippen LogP contribution is 2.47. The molecule has 8 rings (SSSR count). The van der Waals surface area contributed by atoms with Gasteiger partial charge in [0, 0.05) is 34.1 Å². The van der Waals surface area contributed by atoms with Gasteiger partial charge in [-0.1, -0.05) is 108 Å². The predicted octanol–water partition coefficient (Wildman–Crippen LogP) is 8.46. The Morgan fingerprint density at radius 3 is 1.86 bits per heavy atom. The topological polar surface area (TPSA) is 6.48 Å². The van der Waals surface area contributed by atoms with E-state index in [0.717, 1.165) is 12.8 Å². The third-order valence-electron chi connectivity index (χ3n) is 9.85. The average Bonchev–Trinajstić information content (AvgIpc) is 3.16. The van der Waals surface area contributed by atoms with Crippen LogP contribution in [0.1, 0.15) is 63.8 Å². The van der Waals surface area contributed by atoms with Crippen LogP contribution < -0.4 is 26.2 Å². The normalized spacial score (nSPS) is 14.9. The smallest absolute Gasteiger partial charge is 0.252 e. The van der Waals surface area contributed by atoms with Crippen molar-refractivity contribution in [2.75, 3.05) is 9.80 Å². The van der Waals surface area contributed by atoms with Crippen molar-refractivity contribution in [2.24, 2.45) is 0 Å². The number of hydrogen-bond acceptors (Lipinski definition) is 2. The minimum atomic E-state index is 0.0568. The predicted molar refractivity (Wildman–Crippen MR) is 185 cm³/mol. The van der Waals surface area contributed by atoms with E-state index in [1.54, 1.807) is 0 Å². The minimum absolute atomic E-state index is 0.0568. The summed E-state index contributed by atoms with van der Waals surface area (Å²) in [6.07, 6.45) is 2.11. The Hall–Kier alpha value is -4.24. The summed E-state index contributed by atoms with van der Waals surface area (Å²) in [5, 5.41) is 0. The Balaban J connectivity index is 1.45. The first-order chi connectivity index (χ1) is 20.6. The van der Waals surface area contributed by atoms with E-state index in [-0.39, 0.29) is 17.5 Å². The van der Waals surface area contributed by atoms with Crippen molar-refractivity contribution >= 4 is 57.2 Å². The highest BCUT2D eigenvalue weighted by molar-refractivity contribution is 7.00. The molecule has 212 valence electrons. The Bertz CT molecular complexity index is 1910. The molecule has 0 saturated heterocycles. The minimum Gasteiger partial charge on any atom is -0.311 e. The number of nitrogens with zero attached hydrogens (tertiary/aromatic N) is 2. The molecule has 0 atom stereocenters. The molecule has 0 bridgehead atoms. The van der Waals surface area contributed by atoms with Crippen molar-refractivity contribution in [3.63, 3.8) is 0 Å². The first-order valence-electron chi connectivity index (χ1n) is 15.8. The maximum Gasteiger partial charge on any atom is 0.252 e. The molecule has 0 aromatic heterocycles. The summed E-state index contributed by atoms with van der Waals surface area (Å²) in [5.41, 5.74) is 17.8. The molecule has 5 aromatic rings. The van der Waals surface area contributed by atoms with Crippen molar-refractivity contribution in [1.29, 1.82) is 0 Å². The summed E-state index contributed by atoms with van der Waals surface area (Å²) >= 11 is 0. The fourth-order valence-corrected chi connectivity index (χ4v) is 7.58. The van der Waals surface area contributed by atoms with Crippen molar-refractivity contribution in [3.05, 3.63) is 125 Å². The summed E-state index contributed by atoms with van der Waals surface area (Å²) in [7, 11) is 0. The van der Waals surface area contributed by atoms with Gasteiger partial charge in [0.1, 0.15) is 0 Å². The van der Waals surface area contributed by atoms with Gasteiger partial charge in [0.05, 0.1) is 0 Å². The second-order valence-corrected chi connectivity index (χ2v) is 14.6. The van der Waals surface area contributed by atoms with Crippen LogP contribution in [0.15, 0.2) is 103 Å². The number of benzene rings is 5. The van der Waals surface area contributed by atoms with E-state index in [1.165, 1.54) is 72.8 Å². The zero-order chi connectivity index (χ0) is 29.7. The lowest BCUT2D eigenvalue weighted by Gasteiger charge is -2.45. The molecular weight excluding hydrogens is 519 g/mol. The quantitative estimate of drug-likeness (QED) is 0.187. The maximum atomic E-state index is 2.59. The highest BCUT2D eigenvalue weighted by Gasteiger charge is 2.44. The number of anilines is 6. The zero-order valence-electron chi connectivity index (χ0n) is 26.2. The van der Waals surface area contributed by atoms with Gasteiger partial charge in [0.15, 0.2) is 0 Å². The Morgan fingerprint density at radius 2 is 1.12 bits per heavy atom. The molecule has 0 unspecified atom stereocenters. The van der Waals surface area contributed by atoms with E-state index >= 15 is 0 Å². The van der Waals surface area contributed by atoms with Gasteiger partial charge in [-0.2, -0.15) is 0 Å². The third kappa shape index (κ3) is 3.94. The lowest BCUT2D eigenvalue weighted by atomic mass is 9.33. The maximum absolute atomic E-state index is 2.59. The standard InChI is InChI=1S/C40H39BN2/c1-39(2,3)28-19-22-30(23-20-28)42-34-24-21-29(40(4,5)6)25-32(34)41-31-13-9-12-27-18-17-26-11-7-8-14-33(26)43(38(27)31)36-16-10-15-35(42)37(36)41/h7-16,19-25H,17-18H2,1-6H3. The third-order valence-corrected chi connectivity index (χ3v) is 9.85. The van der Waals surface area contributed by atoms with Crippen LogP contribution in [0.3, 0.4) is 0 Å². The van der Waals surface area contributed by atoms with Crippen molar-refractivity contribution in [2.45, 2.75) is 65.2 Å². The lowest BCUT2D eigenvalue weighted by molar-refractivity contribution is 0.590. The molecule has 0 amide bonds. The largest absolute Gasteiger partial charge is 0.311 e. The fourth-order valence-electron chi connectivity index (χ4n) is 7.58. The number of hydrogen-bond donors (Lipinski definition) is 0. The molecule has 0 radical (unpaired) electrons. The van der Waals surface area contributed by atoms with E-state index in [9.17, 15) is 0 Å². The molecule has 0 fully saturated rings. The van der Waals surface area contributed by atoms with Gasteiger partial charge >= 0.3 is 0 Å². The molecule has 3 heterocycles. The van der Waals surface area contributed by atoms with Crippen LogP contribution in [-0.4, -0.2) is 6.71 Å². The van der Waals surface area contributed by atoms with Crippen LogP contribution in [-0.2, 0) is 23.7 Å². The van der Waals surface area contributed by atoms with E-state index in [0.29, 0.717) is 0 Å². The summed E-state index contributed by atoms with van der Waals surface area (Å²) in [6.45, 7) is 14.0. The molecule has 0 N–H and O–H groups in total. The lowest BCUT2D eigenvalue weighted by Crippen LogP contribution is -2.61. The van der Waals surface area contributed by atoms with Crippen LogP contribution in [0.5, 0.6) is 0 Å². The summed E-state index contributed by atoms with van der Waals surface area (Å²) < 4.78 is 0. The molecule has 2 nitrogen and oxygen atoms in total. The molecule has 5 aromatic carbocycles. The molecule has 0 spiro atoms. The molecular formula is C40H39BN2. The molecule has 43 heavy (non-hydrogen) atoms. The van der Waals surface area contributed by atoms with Crippen LogP contribution in [0.25, 0.3) is 0 Å². The Labute approximate surface area is 257 Å². The van der Waals surface area contributed by atoms with Gasteiger partial charge in [-0.3, -0.25) is 0 Å². The van der Waals surface area contributed by atoms with Gasteiger partial charge in [0.25, 0.3) is 6.71 Å². The molecule has 3 aliphatic rings. The van der Waals surface area contributed by atoms with Crippen LogP contribution in [0.4, 0.5) is 34.1 Å². The van der Waals surface area contributed by atoms with Gasteiger partial charge in [0.2, 0.25) is 0 Å². The van der Waals surface area contributed by atoms with Crippen molar-refractivity contribution in [3.8, 4) is 0 Å². The van der Waals surface area contributed by atoms with E-state index in [1.807, 2.05) is 0 Å².